The maximum Gasteiger partial charge on any atom is 0.0216 e. The summed E-state index contributed by atoms with van der Waals surface area (Å²) in [6, 6.07) is 0.745. The van der Waals surface area contributed by atoms with E-state index in [4.69, 9.17) is 5.73 Å². The van der Waals surface area contributed by atoms with Gasteiger partial charge in [0.2, 0.25) is 0 Å². The van der Waals surface area contributed by atoms with E-state index in [0.29, 0.717) is 6.04 Å². The fourth-order valence-corrected chi connectivity index (χ4v) is 2.02. The highest BCUT2D eigenvalue weighted by Crippen LogP contribution is 2.04. The molecule has 0 aliphatic heterocycles. The standard InChI is InChI=1S/C13H31N3/c1-6-15(7-2)10-9-11-16(8-3)13(5)12(4)14/h12-13H,6-11,14H2,1-5H3. The number of nitrogens with zero attached hydrogens (tertiary/aromatic N) is 2. The quantitative estimate of drug-likeness (QED) is 0.654. The van der Waals surface area contributed by atoms with Crippen LogP contribution in [0.1, 0.15) is 41.0 Å². The normalized spacial score (nSPS) is 15.8. The maximum atomic E-state index is 5.94. The van der Waals surface area contributed by atoms with Gasteiger partial charge >= 0.3 is 0 Å². The molecule has 0 amide bonds. The van der Waals surface area contributed by atoms with Crippen LogP contribution < -0.4 is 5.73 Å². The number of rotatable bonds is 9. The van der Waals surface area contributed by atoms with E-state index in [1.54, 1.807) is 0 Å². The lowest BCUT2D eigenvalue weighted by molar-refractivity contribution is 0.183. The lowest BCUT2D eigenvalue weighted by Crippen LogP contribution is -2.45. The molecule has 0 aromatic carbocycles. The van der Waals surface area contributed by atoms with E-state index in [-0.39, 0.29) is 6.04 Å². The molecule has 0 heterocycles. The van der Waals surface area contributed by atoms with Gasteiger partial charge in [0.1, 0.15) is 0 Å². The van der Waals surface area contributed by atoms with E-state index < -0.39 is 0 Å². The first-order valence-electron chi connectivity index (χ1n) is 6.78. The Morgan fingerprint density at radius 2 is 1.50 bits per heavy atom. The second-order valence-corrected chi connectivity index (χ2v) is 4.61. The predicted octanol–water partition coefficient (Wildman–Crippen LogP) is 1.78. The molecule has 0 radical (unpaired) electrons. The van der Waals surface area contributed by atoms with Gasteiger partial charge in [0.25, 0.3) is 0 Å². The smallest absolute Gasteiger partial charge is 0.0216 e. The van der Waals surface area contributed by atoms with Gasteiger partial charge < -0.3 is 10.6 Å². The monoisotopic (exact) mass is 229 g/mol. The molecule has 0 saturated carbocycles. The van der Waals surface area contributed by atoms with Crippen LogP contribution >= 0.6 is 0 Å². The molecule has 0 rings (SSSR count). The average molecular weight is 229 g/mol. The molecule has 0 saturated heterocycles. The van der Waals surface area contributed by atoms with Crippen molar-refractivity contribution in [2.24, 2.45) is 5.73 Å². The molecule has 3 nitrogen and oxygen atoms in total. The van der Waals surface area contributed by atoms with Crippen molar-refractivity contribution in [2.45, 2.75) is 53.1 Å². The lowest BCUT2D eigenvalue weighted by atomic mass is 10.1. The van der Waals surface area contributed by atoms with Crippen LogP contribution in [-0.2, 0) is 0 Å². The Labute approximate surface area is 102 Å². The SMILES string of the molecule is CCN(CC)CCCN(CC)C(C)C(C)N. The van der Waals surface area contributed by atoms with Crippen LogP contribution in [0.3, 0.4) is 0 Å². The second-order valence-electron chi connectivity index (χ2n) is 4.61. The molecule has 0 fully saturated rings. The van der Waals surface area contributed by atoms with Gasteiger partial charge in [-0.05, 0) is 53.0 Å². The third-order valence-corrected chi connectivity index (χ3v) is 3.56. The maximum absolute atomic E-state index is 5.94. The summed E-state index contributed by atoms with van der Waals surface area (Å²) >= 11 is 0. The van der Waals surface area contributed by atoms with Gasteiger partial charge in [-0.3, -0.25) is 4.90 Å². The molecule has 0 aliphatic carbocycles. The summed E-state index contributed by atoms with van der Waals surface area (Å²) < 4.78 is 0. The zero-order valence-corrected chi connectivity index (χ0v) is 11.9. The molecule has 0 spiro atoms. The first kappa shape index (κ1) is 15.9. The topological polar surface area (TPSA) is 32.5 Å². The van der Waals surface area contributed by atoms with Crippen molar-refractivity contribution >= 4 is 0 Å². The summed E-state index contributed by atoms with van der Waals surface area (Å²) in [5.74, 6) is 0. The summed E-state index contributed by atoms with van der Waals surface area (Å²) in [5, 5.41) is 0. The lowest BCUT2D eigenvalue weighted by Gasteiger charge is -2.31. The number of hydrogen-bond donors (Lipinski definition) is 1. The van der Waals surface area contributed by atoms with Crippen molar-refractivity contribution in [1.82, 2.24) is 9.80 Å². The highest BCUT2D eigenvalue weighted by atomic mass is 15.2. The van der Waals surface area contributed by atoms with E-state index in [9.17, 15) is 0 Å². The third-order valence-electron chi connectivity index (χ3n) is 3.56. The van der Waals surface area contributed by atoms with E-state index in [1.165, 1.54) is 13.0 Å². The molecule has 0 bridgehead atoms. The zero-order chi connectivity index (χ0) is 12.6. The predicted molar refractivity (Wildman–Crippen MR) is 72.8 cm³/mol. The Balaban J connectivity index is 3.87. The van der Waals surface area contributed by atoms with Crippen LogP contribution in [0.2, 0.25) is 0 Å². The van der Waals surface area contributed by atoms with Crippen LogP contribution in [-0.4, -0.2) is 54.6 Å². The van der Waals surface area contributed by atoms with Crippen molar-refractivity contribution in [3.63, 3.8) is 0 Å². The van der Waals surface area contributed by atoms with Gasteiger partial charge in [-0.25, -0.2) is 0 Å². The third kappa shape index (κ3) is 5.83. The van der Waals surface area contributed by atoms with Gasteiger partial charge in [0, 0.05) is 12.1 Å². The first-order valence-corrected chi connectivity index (χ1v) is 6.78. The number of hydrogen-bond acceptors (Lipinski definition) is 3. The Morgan fingerprint density at radius 1 is 0.938 bits per heavy atom. The zero-order valence-electron chi connectivity index (χ0n) is 11.9. The largest absolute Gasteiger partial charge is 0.327 e. The molecular weight excluding hydrogens is 198 g/mol. The van der Waals surface area contributed by atoms with Crippen molar-refractivity contribution in [1.29, 1.82) is 0 Å². The summed E-state index contributed by atoms with van der Waals surface area (Å²) in [7, 11) is 0. The first-order chi connectivity index (χ1) is 7.56. The molecule has 98 valence electrons. The summed E-state index contributed by atoms with van der Waals surface area (Å²) in [6.45, 7) is 16.8. The Hall–Kier alpha value is -0.120. The van der Waals surface area contributed by atoms with E-state index in [0.717, 1.165) is 26.2 Å². The Kier molecular flexibility index (Phi) is 8.90. The summed E-state index contributed by atoms with van der Waals surface area (Å²) in [4.78, 5) is 4.96. The molecule has 0 aromatic rings. The van der Waals surface area contributed by atoms with Gasteiger partial charge in [0.15, 0.2) is 0 Å². The fourth-order valence-electron chi connectivity index (χ4n) is 2.02. The van der Waals surface area contributed by atoms with Crippen molar-refractivity contribution < 1.29 is 0 Å². The summed E-state index contributed by atoms with van der Waals surface area (Å²) in [5.41, 5.74) is 5.94. The van der Waals surface area contributed by atoms with E-state index >= 15 is 0 Å². The molecule has 0 aromatic heterocycles. The highest BCUT2D eigenvalue weighted by molar-refractivity contribution is 4.74. The van der Waals surface area contributed by atoms with Crippen LogP contribution in [0.15, 0.2) is 0 Å². The van der Waals surface area contributed by atoms with Crippen LogP contribution in [0.4, 0.5) is 0 Å². The van der Waals surface area contributed by atoms with Gasteiger partial charge in [-0.2, -0.15) is 0 Å². The minimum absolute atomic E-state index is 0.258. The van der Waals surface area contributed by atoms with Crippen LogP contribution in [0.5, 0.6) is 0 Å². The Bertz CT molecular complexity index is 155. The minimum atomic E-state index is 0.258. The number of likely N-dealkylation sites (N-methyl/N-ethyl adjacent to an activating group) is 1. The number of nitrogens with two attached hydrogens (primary N) is 1. The minimum Gasteiger partial charge on any atom is -0.327 e. The summed E-state index contributed by atoms with van der Waals surface area (Å²) in [6.07, 6.45) is 1.24. The second kappa shape index (κ2) is 8.97. The van der Waals surface area contributed by atoms with E-state index in [2.05, 4.69) is 44.4 Å². The van der Waals surface area contributed by atoms with Crippen molar-refractivity contribution in [3.05, 3.63) is 0 Å². The van der Waals surface area contributed by atoms with Crippen LogP contribution in [0.25, 0.3) is 0 Å². The molecule has 2 N–H and O–H groups in total. The van der Waals surface area contributed by atoms with Gasteiger partial charge in [-0.15, -0.1) is 0 Å². The van der Waals surface area contributed by atoms with Gasteiger partial charge in [-0.1, -0.05) is 20.8 Å². The molecule has 2 unspecified atom stereocenters. The van der Waals surface area contributed by atoms with E-state index in [1.807, 2.05) is 0 Å². The molecule has 0 aliphatic rings. The molecule has 16 heavy (non-hydrogen) atoms. The fraction of sp³-hybridized carbons (Fsp3) is 1.00. The molecule has 3 heteroatoms. The van der Waals surface area contributed by atoms with Crippen molar-refractivity contribution in [3.8, 4) is 0 Å². The molecule has 2 atom stereocenters. The van der Waals surface area contributed by atoms with Crippen LogP contribution in [0, 0.1) is 0 Å². The van der Waals surface area contributed by atoms with Crippen molar-refractivity contribution in [2.75, 3.05) is 32.7 Å². The van der Waals surface area contributed by atoms with Gasteiger partial charge in [0.05, 0.1) is 0 Å². The highest BCUT2D eigenvalue weighted by Gasteiger charge is 2.15. The molecular formula is C13H31N3. The average Bonchev–Trinajstić information content (AvgIpc) is 2.28. The Morgan fingerprint density at radius 3 is 1.88 bits per heavy atom.